The minimum atomic E-state index is -0.622. The number of rotatable bonds is 13. The van der Waals surface area contributed by atoms with Crippen molar-refractivity contribution < 1.29 is 19.2 Å². The van der Waals surface area contributed by atoms with E-state index in [0.717, 1.165) is 58.0 Å². The van der Waals surface area contributed by atoms with Gasteiger partial charge in [-0.2, -0.15) is 4.39 Å². The lowest BCUT2D eigenvalue weighted by Crippen LogP contribution is -2.42. The SMILES string of the molecule is CCCN(C)C[C@@H]1CCCN1c1nc(C)nc(NNC(=O)[C@H](CC2CCCC2)CN(O)C=O)c1F. The summed E-state index contributed by atoms with van der Waals surface area (Å²) in [5.41, 5.74) is 5.19. The summed E-state index contributed by atoms with van der Waals surface area (Å²) >= 11 is 0. The van der Waals surface area contributed by atoms with Crippen LogP contribution in [0, 0.1) is 24.6 Å². The third kappa shape index (κ3) is 7.47. The van der Waals surface area contributed by atoms with Crippen LogP contribution >= 0.6 is 0 Å². The molecule has 1 aliphatic carbocycles. The predicted octanol–water partition coefficient (Wildman–Crippen LogP) is 2.72. The van der Waals surface area contributed by atoms with Crippen LogP contribution in [0.2, 0.25) is 0 Å². The van der Waals surface area contributed by atoms with Gasteiger partial charge in [0.05, 0.1) is 12.5 Å². The van der Waals surface area contributed by atoms with Gasteiger partial charge in [-0.3, -0.25) is 25.6 Å². The van der Waals surface area contributed by atoms with Crippen molar-refractivity contribution in [2.75, 3.05) is 43.6 Å². The Morgan fingerprint density at radius 2 is 2.03 bits per heavy atom. The quantitative estimate of drug-likeness (QED) is 0.218. The molecule has 2 amide bonds. The third-order valence-electron chi connectivity index (χ3n) is 7.02. The van der Waals surface area contributed by atoms with Crippen LogP contribution in [0.5, 0.6) is 0 Å². The molecule has 3 rings (SSSR count). The first-order valence-corrected chi connectivity index (χ1v) is 12.8. The fraction of sp³-hybridized carbons (Fsp3) is 0.750. The Bertz CT molecular complexity index is 853. The molecular formula is C24H40FN7O3. The molecule has 35 heavy (non-hydrogen) atoms. The molecule has 2 fully saturated rings. The molecule has 1 aromatic rings. The molecule has 10 nitrogen and oxygen atoms in total. The van der Waals surface area contributed by atoms with E-state index in [1.807, 2.05) is 4.90 Å². The predicted molar refractivity (Wildman–Crippen MR) is 131 cm³/mol. The lowest BCUT2D eigenvalue weighted by atomic mass is 9.92. The second-order valence-electron chi connectivity index (χ2n) is 9.93. The molecule has 1 aromatic heterocycles. The summed E-state index contributed by atoms with van der Waals surface area (Å²) in [5, 5.41) is 10.2. The lowest BCUT2D eigenvalue weighted by Gasteiger charge is -2.30. The fourth-order valence-corrected chi connectivity index (χ4v) is 5.36. The van der Waals surface area contributed by atoms with Gasteiger partial charge in [-0.25, -0.2) is 15.0 Å². The first-order chi connectivity index (χ1) is 16.8. The maximum absolute atomic E-state index is 15.5. The first kappa shape index (κ1) is 27.1. The normalized spacial score (nSPS) is 19.3. The van der Waals surface area contributed by atoms with Crippen molar-refractivity contribution in [3.8, 4) is 0 Å². The number of aromatic nitrogens is 2. The van der Waals surface area contributed by atoms with Gasteiger partial charge in [0.2, 0.25) is 18.1 Å². The molecule has 196 valence electrons. The van der Waals surface area contributed by atoms with E-state index in [2.05, 4.69) is 39.7 Å². The summed E-state index contributed by atoms with van der Waals surface area (Å²) in [6.07, 6.45) is 8.11. The van der Waals surface area contributed by atoms with Crippen molar-refractivity contribution >= 4 is 24.0 Å². The van der Waals surface area contributed by atoms with Crippen LogP contribution < -0.4 is 15.8 Å². The summed E-state index contributed by atoms with van der Waals surface area (Å²) in [5.74, 6) is -0.733. The Kier molecular flexibility index (Phi) is 10.0. The van der Waals surface area contributed by atoms with E-state index >= 15 is 4.39 Å². The first-order valence-electron chi connectivity index (χ1n) is 12.8. The van der Waals surface area contributed by atoms with E-state index < -0.39 is 17.6 Å². The van der Waals surface area contributed by atoms with E-state index in [0.29, 0.717) is 29.8 Å². The number of anilines is 2. The van der Waals surface area contributed by atoms with E-state index in [4.69, 9.17) is 0 Å². The zero-order valence-corrected chi connectivity index (χ0v) is 21.2. The van der Waals surface area contributed by atoms with Gasteiger partial charge in [0.15, 0.2) is 11.6 Å². The lowest BCUT2D eigenvalue weighted by molar-refractivity contribution is -0.154. The summed E-state index contributed by atoms with van der Waals surface area (Å²) < 4.78 is 15.5. The molecular weight excluding hydrogens is 453 g/mol. The molecule has 11 heteroatoms. The van der Waals surface area contributed by atoms with Gasteiger partial charge in [0.25, 0.3) is 0 Å². The highest BCUT2D eigenvalue weighted by atomic mass is 19.1. The molecule has 0 spiro atoms. The van der Waals surface area contributed by atoms with Crippen molar-refractivity contribution in [2.45, 2.75) is 71.3 Å². The fourth-order valence-electron chi connectivity index (χ4n) is 5.36. The second-order valence-corrected chi connectivity index (χ2v) is 9.93. The Hall–Kier alpha value is -2.53. The number of hydrogen-bond donors (Lipinski definition) is 3. The Morgan fingerprint density at radius 1 is 1.29 bits per heavy atom. The molecule has 1 saturated heterocycles. The highest BCUT2D eigenvalue weighted by Gasteiger charge is 2.31. The van der Waals surface area contributed by atoms with Crippen molar-refractivity contribution in [1.29, 1.82) is 0 Å². The number of nitrogens with zero attached hydrogens (tertiary/aromatic N) is 5. The Morgan fingerprint density at radius 3 is 2.71 bits per heavy atom. The molecule has 2 aliphatic rings. The summed E-state index contributed by atoms with van der Waals surface area (Å²) in [4.78, 5) is 36.6. The Labute approximate surface area is 207 Å². The standard InChI is InChI=1S/C24H40FN7O3/c1-4-11-30(3)15-20-10-7-12-32(20)23-21(25)22(26-17(2)27-23)28-29-24(34)19(14-31(35)16-33)13-18-8-5-6-9-18/h16,18-20,35H,4-15H2,1-3H3,(H,29,34)(H,26,27,28)/t19-,20+/m1/s1. The highest BCUT2D eigenvalue weighted by Crippen LogP contribution is 2.31. The average molecular weight is 494 g/mol. The largest absolute Gasteiger partial charge is 0.350 e. The van der Waals surface area contributed by atoms with Crippen LogP contribution in [0.4, 0.5) is 16.0 Å². The number of aryl methyl sites for hydroxylation is 1. The van der Waals surface area contributed by atoms with Gasteiger partial charge in [-0.15, -0.1) is 0 Å². The summed E-state index contributed by atoms with van der Waals surface area (Å²) in [6.45, 7) is 6.23. The average Bonchev–Trinajstić information content (AvgIpc) is 3.51. The van der Waals surface area contributed by atoms with E-state index in [1.165, 1.54) is 0 Å². The number of hydrogen-bond acceptors (Lipinski definition) is 8. The van der Waals surface area contributed by atoms with Crippen LogP contribution in [-0.2, 0) is 9.59 Å². The minimum absolute atomic E-state index is 0.0933. The smallest absolute Gasteiger partial charge is 0.243 e. The van der Waals surface area contributed by atoms with Crippen LogP contribution in [0.1, 0.15) is 64.1 Å². The number of amides is 2. The van der Waals surface area contributed by atoms with E-state index in [1.54, 1.807) is 6.92 Å². The second kappa shape index (κ2) is 13.0. The van der Waals surface area contributed by atoms with Crippen LogP contribution in [-0.4, -0.2) is 76.7 Å². The van der Waals surface area contributed by atoms with Gasteiger partial charge >= 0.3 is 0 Å². The van der Waals surface area contributed by atoms with Crippen molar-refractivity contribution in [3.63, 3.8) is 0 Å². The molecule has 0 unspecified atom stereocenters. The molecule has 2 heterocycles. The summed E-state index contributed by atoms with van der Waals surface area (Å²) in [7, 11) is 2.07. The van der Waals surface area contributed by atoms with Crippen LogP contribution in [0.25, 0.3) is 0 Å². The highest BCUT2D eigenvalue weighted by molar-refractivity contribution is 5.80. The minimum Gasteiger partial charge on any atom is -0.350 e. The number of hydrazine groups is 1. The number of nitrogens with one attached hydrogen (secondary N) is 2. The van der Waals surface area contributed by atoms with Gasteiger partial charge < -0.3 is 9.80 Å². The van der Waals surface area contributed by atoms with Crippen molar-refractivity contribution in [2.24, 2.45) is 11.8 Å². The Balaban J connectivity index is 1.70. The number of hydroxylamine groups is 2. The number of likely N-dealkylation sites (N-methyl/N-ethyl adjacent to an activating group) is 1. The van der Waals surface area contributed by atoms with Gasteiger partial charge in [0.1, 0.15) is 5.82 Å². The zero-order valence-electron chi connectivity index (χ0n) is 21.2. The van der Waals surface area contributed by atoms with Gasteiger partial charge in [-0.1, -0.05) is 32.6 Å². The van der Waals surface area contributed by atoms with Crippen molar-refractivity contribution in [1.82, 2.24) is 25.4 Å². The van der Waals surface area contributed by atoms with Gasteiger partial charge in [-0.05, 0) is 52.1 Å². The van der Waals surface area contributed by atoms with Crippen molar-refractivity contribution in [3.05, 3.63) is 11.6 Å². The maximum Gasteiger partial charge on any atom is 0.243 e. The van der Waals surface area contributed by atoms with E-state index in [9.17, 15) is 14.8 Å². The monoisotopic (exact) mass is 493 g/mol. The van der Waals surface area contributed by atoms with Crippen LogP contribution in [0.3, 0.4) is 0 Å². The molecule has 2 atom stereocenters. The molecule has 0 radical (unpaired) electrons. The maximum atomic E-state index is 15.5. The number of carbonyl (C=O) groups is 2. The molecule has 1 aliphatic heterocycles. The molecule has 3 N–H and O–H groups in total. The van der Waals surface area contributed by atoms with Crippen LogP contribution in [0.15, 0.2) is 0 Å². The van der Waals surface area contributed by atoms with E-state index in [-0.39, 0.29) is 30.6 Å². The topological polar surface area (TPSA) is 114 Å². The summed E-state index contributed by atoms with van der Waals surface area (Å²) in [6, 6.07) is 0.160. The molecule has 1 saturated carbocycles. The van der Waals surface area contributed by atoms with Gasteiger partial charge in [0, 0.05) is 19.1 Å². The number of carbonyl (C=O) groups excluding carboxylic acids is 2. The zero-order chi connectivity index (χ0) is 25.4. The molecule has 0 bridgehead atoms. The third-order valence-corrected chi connectivity index (χ3v) is 7.02. The number of halogens is 1. The molecule has 0 aromatic carbocycles.